The Labute approximate surface area is 99.3 Å². The Morgan fingerprint density at radius 2 is 2.12 bits per heavy atom. The van der Waals surface area contributed by atoms with Crippen molar-refractivity contribution in [3.05, 3.63) is 29.1 Å². The first-order valence-corrected chi connectivity index (χ1v) is 5.79. The minimum Gasteiger partial charge on any atom is -0.456 e. The van der Waals surface area contributed by atoms with Gasteiger partial charge in [0, 0.05) is 19.6 Å². The van der Waals surface area contributed by atoms with Gasteiger partial charge >= 0.3 is 5.97 Å². The van der Waals surface area contributed by atoms with E-state index in [0.717, 1.165) is 44.2 Å². The molecule has 0 aliphatic carbocycles. The smallest absolute Gasteiger partial charge is 0.340 e. The van der Waals surface area contributed by atoms with Crippen molar-refractivity contribution in [2.45, 2.75) is 13.2 Å². The maximum Gasteiger partial charge on any atom is 0.340 e. The maximum absolute atomic E-state index is 11.3. The van der Waals surface area contributed by atoms with Crippen molar-refractivity contribution in [2.24, 2.45) is 0 Å². The number of esters is 1. The summed E-state index contributed by atoms with van der Waals surface area (Å²) in [6, 6.07) is 3.72. The van der Waals surface area contributed by atoms with Gasteiger partial charge in [0.15, 0.2) is 0 Å². The summed E-state index contributed by atoms with van der Waals surface area (Å²) in [6.07, 6.45) is 0. The molecule has 2 aliphatic heterocycles. The molecule has 2 aliphatic rings. The van der Waals surface area contributed by atoms with Gasteiger partial charge in [-0.25, -0.2) is 4.79 Å². The molecule has 1 aromatic rings. The van der Waals surface area contributed by atoms with Crippen LogP contribution in [0, 0.1) is 0 Å². The first-order chi connectivity index (χ1) is 8.33. The number of aromatic nitrogens is 1. The third kappa shape index (κ3) is 2.16. The molecule has 1 fully saturated rings. The molecule has 0 aromatic carbocycles. The molecule has 5 nitrogen and oxygen atoms in total. The summed E-state index contributed by atoms with van der Waals surface area (Å²) in [7, 11) is 0. The molecule has 0 unspecified atom stereocenters. The predicted molar refractivity (Wildman–Crippen MR) is 59.5 cm³/mol. The Morgan fingerprint density at radius 3 is 2.94 bits per heavy atom. The molecule has 0 amide bonds. The molecule has 3 rings (SSSR count). The highest BCUT2D eigenvalue weighted by molar-refractivity contribution is 5.92. The average Bonchev–Trinajstić information content (AvgIpc) is 2.72. The van der Waals surface area contributed by atoms with E-state index in [4.69, 9.17) is 9.47 Å². The van der Waals surface area contributed by atoms with Crippen LogP contribution in [-0.2, 0) is 22.6 Å². The van der Waals surface area contributed by atoms with Crippen molar-refractivity contribution >= 4 is 5.97 Å². The molecule has 1 aromatic heterocycles. The van der Waals surface area contributed by atoms with E-state index < -0.39 is 0 Å². The third-order valence-corrected chi connectivity index (χ3v) is 3.08. The van der Waals surface area contributed by atoms with Gasteiger partial charge in [-0.15, -0.1) is 0 Å². The summed E-state index contributed by atoms with van der Waals surface area (Å²) in [5, 5.41) is 0. The molecule has 90 valence electrons. The summed E-state index contributed by atoms with van der Waals surface area (Å²) in [5.41, 5.74) is 2.36. The van der Waals surface area contributed by atoms with E-state index in [9.17, 15) is 4.79 Å². The van der Waals surface area contributed by atoms with Crippen LogP contribution in [0.15, 0.2) is 12.1 Å². The van der Waals surface area contributed by atoms with Crippen LogP contribution in [0.3, 0.4) is 0 Å². The normalized spacial score (nSPS) is 20.1. The van der Waals surface area contributed by atoms with Crippen LogP contribution in [0.25, 0.3) is 0 Å². The summed E-state index contributed by atoms with van der Waals surface area (Å²) >= 11 is 0. The van der Waals surface area contributed by atoms with Gasteiger partial charge in [0.25, 0.3) is 0 Å². The molecule has 0 bridgehead atoms. The number of carbonyl (C=O) groups excluding carboxylic acids is 1. The van der Waals surface area contributed by atoms with Crippen molar-refractivity contribution < 1.29 is 14.3 Å². The number of fused-ring (bicyclic) bond motifs is 1. The molecule has 3 heterocycles. The van der Waals surface area contributed by atoms with E-state index in [-0.39, 0.29) is 5.97 Å². The van der Waals surface area contributed by atoms with Crippen molar-refractivity contribution in [2.75, 3.05) is 26.3 Å². The molecule has 1 saturated heterocycles. The highest BCUT2D eigenvalue weighted by Gasteiger charge is 2.23. The summed E-state index contributed by atoms with van der Waals surface area (Å²) in [6.45, 7) is 4.57. The second-order valence-corrected chi connectivity index (χ2v) is 4.26. The van der Waals surface area contributed by atoms with E-state index in [2.05, 4.69) is 9.88 Å². The van der Waals surface area contributed by atoms with Crippen molar-refractivity contribution in [3.8, 4) is 0 Å². The SMILES string of the molecule is O=C1OCc2nc(CN3CCOCC3)ccc21. The van der Waals surface area contributed by atoms with Gasteiger partial charge in [0.2, 0.25) is 0 Å². The van der Waals surface area contributed by atoms with E-state index >= 15 is 0 Å². The fraction of sp³-hybridized carbons (Fsp3) is 0.500. The lowest BCUT2D eigenvalue weighted by molar-refractivity contribution is 0.0336. The number of rotatable bonds is 2. The number of cyclic esters (lactones) is 1. The van der Waals surface area contributed by atoms with Crippen LogP contribution in [0.4, 0.5) is 0 Å². The van der Waals surface area contributed by atoms with Gasteiger partial charge in [-0.3, -0.25) is 9.88 Å². The summed E-state index contributed by atoms with van der Waals surface area (Å²) in [4.78, 5) is 18.0. The lowest BCUT2D eigenvalue weighted by Crippen LogP contribution is -2.35. The summed E-state index contributed by atoms with van der Waals surface area (Å²) in [5.74, 6) is -0.259. The standard InChI is InChI=1S/C12H14N2O3/c15-12-10-2-1-9(13-11(10)8-17-12)7-14-3-5-16-6-4-14/h1-2H,3-8H2. The average molecular weight is 234 g/mol. The van der Waals surface area contributed by atoms with Crippen LogP contribution in [0.1, 0.15) is 21.7 Å². The monoisotopic (exact) mass is 234 g/mol. The van der Waals surface area contributed by atoms with Crippen molar-refractivity contribution in [1.29, 1.82) is 0 Å². The maximum atomic E-state index is 11.3. The molecular weight excluding hydrogens is 220 g/mol. The van der Waals surface area contributed by atoms with E-state index in [1.165, 1.54) is 0 Å². The number of pyridine rings is 1. The van der Waals surface area contributed by atoms with Gasteiger partial charge in [0.1, 0.15) is 6.61 Å². The van der Waals surface area contributed by atoms with Crippen LogP contribution in [0.5, 0.6) is 0 Å². The first kappa shape index (κ1) is 10.7. The number of hydrogen-bond acceptors (Lipinski definition) is 5. The van der Waals surface area contributed by atoms with Gasteiger partial charge in [-0.2, -0.15) is 0 Å². The Hall–Kier alpha value is -1.46. The van der Waals surface area contributed by atoms with E-state index in [1.54, 1.807) is 0 Å². The zero-order valence-electron chi connectivity index (χ0n) is 9.52. The first-order valence-electron chi connectivity index (χ1n) is 5.79. The topological polar surface area (TPSA) is 51.7 Å². The molecule has 0 spiro atoms. The second-order valence-electron chi connectivity index (χ2n) is 4.26. The Morgan fingerprint density at radius 1 is 1.29 bits per heavy atom. The Bertz CT molecular complexity index is 441. The van der Waals surface area contributed by atoms with Crippen LogP contribution >= 0.6 is 0 Å². The molecule has 0 radical (unpaired) electrons. The van der Waals surface area contributed by atoms with Gasteiger partial charge in [-0.1, -0.05) is 0 Å². The molecule has 0 N–H and O–H groups in total. The lowest BCUT2D eigenvalue weighted by atomic mass is 10.2. The molecule has 0 saturated carbocycles. The minimum absolute atomic E-state index is 0.259. The fourth-order valence-corrected chi connectivity index (χ4v) is 2.13. The largest absolute Gasteiger partial charge is 0.456 e. The van der Waals surface area contributed by atoms with Crippen molar-refractivity contribution in [1.82, 2.24) is 9.88 Å². The number of morpholine rings is 1. The van der Waals surface area contributed by atoms with Crippen LogP contribution in [-0.4, -0.2) is 42.2 Å². The second kappa shape index (κ2) is 4.43. The zero-order chi connectivity index (χ0) is 11.7. The molecular formula is C12H14N2O3. The fourth-order valence-electron chi connectivity index (χ4n) is 2.13. The summed E-state index contributed by atoms with van der Waals surface area (Å²) < 4.78 is 10.2. The quantitative estimate of drug-likeness (QED) is 0.701. The van der Waals surface area contributed by atoms with Gasteiger partial charge in [-0.05, 0) is 12.1 Å². The van der Waals surface area contributed by atoms with E-state index in [1.807, 2.05) is 12.1 Å². The third-order valence-electron chi connectivity index (χ3n) is 3.08. The van der Waals surface area contributed by atoms with E-state index in [0.29, 0.717) is 12.2 Å². The number of ether oxygens (including phenoxy) is 2. The zero-order valence-corrected chi connectivity index (χ0v) is 9.52. The molecule has 5 heteroatoms. The molecule has 0 atom stereocenters. The van der Waals surface area contributed by atoms with Crippen LogP contribution < -0.4 is 0 Å². The lowest BCUT2D eigenvalue weighted by Gasteiger charge is -2.26. The number of hydrogen-bond donors (Lipinski definition) is 0. The van der Waals surface area contributed by atoms with Crippen LogP contribution in [0.2, 0.25) is 0 Å². The van der Waals surface area contributed by atoms with Gasteiger partial charge < -0.3 is 9.47 Å². The number of nitrogens with zero attached hydrogens (tertiary/aromatic N) is 2. The van der Waals surface area contributed by atoms with Crippen molar-refractivity contribution in [3.63, 3.8) is 0 Å². The highest BCUT2D eigenvalue weighted by atomic mass is 16.5. The predicted octanol–water partition coefficient (Wildman–Crippen LogP) is 0.584. The van der Waals surface area contributed by atoms with Gasteiger partial charge in [0.05, 0.1) is 30.2 Å². The minimum atomic E-state index is -0.259. The molecule has 17 heavy (non-hydrogen) atoms. The Kier molecular flexibility index (Phi) is 2.78. The Balaban J connectivity index is 1.73. The highest BCUT2D eigenvalue weighted by Crippen LogP contribution is 2.18. The number of carbonyl (C=O) groups is 1.